The van der Waals surface area contributed by atoms with Crippen molar-refractivity contribution in [3.05, 3.63) is 35.9 Å². The van der Waals surface area contributed by atoms with Gasteiger partial charge in [0.1, 0.15) is 5.75 Å². The van der Waals surface area contributed by atoms with E-state index in [9.17, 15) is 4.79 Å². The SMILES string of the molecule is CCCOc1ccc(C=CCCC(=O)O)cc1. The van der Waals surface area contributed by atoms with Crippen LogP contribution in [0.2, 0.25) is 0 Å². The van der Waals surface area contributed by atoms with Crippen LogP contribution in [0.4, 0.5) is 0 Å². The number of carbonyl (C=O) groups is 1. The van der Waals surface area contributed by atoms with Crippen molar-refractivity contribution in [2.24, 2.45) is 0 Å². The number of allylic oxidation sites excluding steroid dienone is 1. The summed E-state index contributed by atoms with van der Waals surface area (Å²) in [6, 6.07) is 7.77. The molecule has 0 aliphatic rings. The van der Waals surface area contributed by atoms with Gasteiger partial charge < -0.3 is 9.84 Å². The summed E-state index contributed by atoms with van der Waals surface area (Å²) < 4.78 is 5.47. The standard InChI is InChI=1S/C14H18O3/c1-2-11-17-13-9-7-12(8-10-13)5-3-4-6-14(15)16/h3,5,7-10H,2,4,6,11H2,1H3,(H,15,16). The average Bonchev–Trinajstić information content (AvgIpc) is 2.33. The molecule has 0 atom stereocenters. The van der Waals surface area contributed by atoms with Crippen LogP contribution in [0.5, 0.6) is 5.75 Å². The highest BCUT2D eigenvalue weighted by atomic mass is 16.5. The van der Waals surface area contributed by atoms with Crippen molar-refractivity contribution in [3.8, 4) is 5.75 Å². The fourth-order valence-corrected chi connectivity index (χ4v) is 1.32. The number of aliphatic carboxylic acids is 1. The van der Waals surface area contributed by atoms with Crippen molar-refractivity contribution in [2.45, 2.75) is 26.2 Å². The lowest BCUT2D eigenvalue weighted by molar-refractivity contribution is -0.136. The highest BCUT2D eigenvalue weighted by Gasteiger charge is 1.94. The first kappa shape index (κ1) is 13.3. The highest BCUT2D eigenvalue weighted by Crippen LogP contribution is 2.13. The van der Waals surface area contributed by atoms with Crippen LogP contribution in [0.25, 0.3) is 6.08 Å². The van der Waals surface area contributed by atoms with Crippen LogP contribution in [0.3, 0.4) is 0 Å². The summed E-state index contributed by atoms with van der Waals surface area (Å²) in [6.45, 7) is 2.80. The maximum atomic E-state index is 10.3. The lowest BCUT2D eigenvalue weighted by atomic mass is 10.2. The van der Waals surface area contributed by atoms with E-state index in [-0.39, 0.29) is 6.42 Å². The Balaban J connectivity index is 2.42. The summed E-state index contributed by atoms with van der Waals surface area (Å²) in [5.74, 6) is 0.104. The smallest absolute Gasteiger partial charge is 0.303 e. The highest BCUT2D eigenvalue weighted by molar-refractivity contribution is 5.67. The zero-order valence-electron chi connectivity index (χ0n) is 10.1. The molecule has 0 spiro atoms. The summed E-state index contributed by atoms with van der Waals surface area (Å²) in [7, 11) is 0. The van der Waals surface area contributed by atoms with Gasteiger partial charge >= 0.3 is 5.97 Å². The van der Waals surface area contributed by atoms with Gasteiger partial charge in [0.15, 0.2) is 0 Å². The van der Waals surface area contributed by atoms with E-state index in [1.807, 2.05) is 36.4 Å². The summed E-state index contributed by atoms with van der Waals surface area (Å²) in [5, 5.41) is 8.48. The van der Waals surface area contributed by atoms with Crippen LogP contribution < -0.4 is 4.74 Å². The predicted octanol–water partition coefficient (Wildman–Crippen LogP) is 3.35. The molecule has 0 aliphatic carbocycles. The molecular weight excluding hydrogens is 216 g/mol. The molecule has 3 heteroatoms. The molecule has 0 radical (unpaired) electrons. The Morgan fingerprint density at radius 1 is 1.35 bits per heavy atom. The molecule has 0 amide bonds. The Morgan fingerprint density at radius 2 is 2.06 bits per heavy atom. The Hall–Kier alpha value is -1.77. The third kappa shape index (κ3) is 5.76. The van der Waals surface area contributed by atoms with E-state index in [1.165, 1.54) is 0 Å². The zero-order chi connectivity index (χ0) is 12.5. The maximum absolute atomic E-state index is 10.3. The minimum atomic E-state index is -0.766. The number of hydrogen-bond acceptors (Lipinski definition) is 2. The molecule has 0 heterocycles. The Bertz CT molecular complexity index is 366. The first-order valence-corrected chi connectivity index (χ1v) is 5.83. The molecule has 1 rings (SSSR count). The Labute approximate surface area is 102 Å². The van der Waals surface area contributed by atoms with Crippen LogP contribution in [-0.4, -0.2) is 17.7 Å². The van der Waals surface area contributed by atoms with Crippen molar-refractivity contribution >= 4 is 12.0 Å². The van der Waals surface area contributed by atoms with Gasteiger partial charge in [-0.1, -0.05) is 31.2 Å². The minimum Gasteiger partial charge on any atom is -0.494 e. The van der Waals surface area contributed by atoms with Gasteiger partial charge in [-0.15, -0.1) is 0 Å². The molecule has 92 valence electrons. The van der Waals surface area contributed by atoms with Crippen molar-refractivity contribution in [2.75, 3.05) is 6.61 Å². The molecule has 0 fully saturated rings. The Kier molecular flexibility index (Phi) is 5.86. The van der Waals surface area contributed by atoms with Gasteiger partial charge in [-0.05, 0) is 30.5 Å². The van der Waals surface area contributed by atoms with Gasteiger partial charge in [-0.25, -0.2) is 0 Å². The van der Waals surface area contributed by atoms with E-state index in [0.29, 0.717) is 6.42 Å². The first-order chi connectivity index (χ1) is 8.22. The number of hydrogen-bond donors (Lipinski definition) is 1. The molecule has 1 aromatic carbocycles. The van der Waals surface area contributed by atoms with Gasteiger partial charge in [-0.3, -0.25) is 4.79 Å². The zero-order valence-corrected chi connectivity index (χ0v) is 10.1. The van der Waals surface area contributed by atoms with Gasteiger partial charge in [0, 0.05) is 6.42 Å². The van der Waals surface area contributed by atoms with Crippen LogP contribution in [0.15, 0.2) is 30.3 Å². The van der Waals surface area contributed by atoms with E-state index in [4.69, 9.17) is 9.84 Å². The quantitative estimate of drug-likeness (QED) is 0.787. The van der Waals surface area contributed by atoms with Gasteiger partial charge in [-0.2, -0.15) is 0 Å². The Morgan fingerprint density at radius 3 is 2.65 bits per heavy atom. The van der Waals surface area contributed by atoms with Crippen LogP contribution in [-0.2, 0) is 4.79 Å². The van der Waals surface area contributed by atoms with E-state index >= 15 is 0 Å². The second kappa shape index (κ2) is 7.49. The number of carboxylic acids is 1. The molecule has 1 N–H and O–H groups in total. The maximum Gasteiger partial charge on any atom is 0.303 e. The summed E-state index contributed by atoms with van der Waals surface area (Å²) in [5.41, 5.74) is 1.05. The molecule has 3 nitrogen and oxygen atoms in total. The number of ether oxygens (including phenoxy) is 1. The van der Waals surface area contributed by atoms with Gasteiger partial charge in [0.05, 0.1) is 6.61 Å². The van der Waals surface area contributed by atoms with E-state index in [2.05, 4.69) is 6.92 Å². The minimum absolute atomic E-state index is 0.175. The first-order valence-electron chi connectivity index (χ1n) is 5.83. The monoisotopic (exact) mass is 234 g/mol. The van der Waals surface area contributed by atoms with Crippen LogP contribution >= 0.6 is 0 Å². The molecule has 0 bridgehead atoms. The van der Waals surface area contributed by atoms with Crippen molar-refractivity contribution in [1.82, 2.24) is 0 Å². The molecule has 0 aliphatic heterocycles. The van der Waals surface area contributed by atoms with E-state index < -0.39 is 5.97 Å². The molecule has 1 aromatic rings. The fourth-order valence-electron chi connectivity index (χ4n) is 1.32. The topological polar surface area (TPSA) is 46.5 Å². The summed E-state index contributed by atoms with van der Waals surface area (Å²) in [6.07, 6.45) is 5.52. The summed E-state index contributed by atoms with van der Waals surface area (Å²) >= 11 is 0. The molecular formula is C14H18O3. The number of benzene rings is 1. The lowest BCUT2D eigenvalue weighted by Gasteiger charge is -2.03. The molecule has 0 saturated heterocycles. The van der Waals surface area contributed by atoms with Crippen LogP contribution in [0.1, 0.15) is 31.7 Å². The van der Waals surface area contributed by atoms with E-state index in [1.54, 1.807) is 0 Å². The molecule has 0 aromatic heterocycles. The lowest BCUT2D eigenvalue weighted by Crippen LogP contribution is -1.94. The second-order valence-corrected chi connectivity index (χ2v) is 3.75. The predicted molar refractivity (Wildman–Crippen MR) is 68.1 cm³/mol. The number of carboxylic acid groups (broad SMARTS) is 1. The van der Waals surface area contributed by atoms with Gasteiger partial charge in [0.2, 0.25) is 0 Å². The molecule has 17 heavy (non-hydrogen) atoms. The average molecular weight is 234 g/mol. The molecule has 0 unspecified atom stereocenters. The second-order valence-electron chi connectivity index (χ2n) is 3.75. The van der Waals surface area contributed by atoms with Crippen molar-refractivity contribution in [1.29, 1.82) is 0 Å². The third-order valence-corrected chi connectivity index (χ3v) is 2.19. The largest absolute Gasteiger partial charge is 0.494 e. The van der Waals surface area contributed by atoms with Crippen molar-refractivity contribution in [3.63, 3.8) is 0 Å². The van der Waals surface area contributed by atoms with Crippen molar-refractivity contribution < 1.29 is 14.6 Å². The van der Waals surface area contributed by atoms with Gasteiger partial charge in [0.25, 0.3) is 0 Å². The summed E-state index contributed by atoms with van der Waals surface area (Å²) in [4.78, 5) is 10.3. The number of rotatable bonds is 7. The third-order valence-electron chi connectivity index (χ3n) is 2.19. The molecule has 0 saturated carbocycles. The normalized spacial score (nSPS) is 10.6. The van der Waals surface area contributed by atoms with E-state index in [0.717, 1.165) is 24.3 Å². The van der Waals surface area contributed by atoms with Crippen LogP contribution in [0, 0.1) is 0 Å². The fraction of sp³-hybridized carbons (Fsp3) is 0.357.